The smallest absolute Gasteiger partial charge is 0.377 e. The van der Waals surface area contributed by atoms with E-state index in [2.05, 4.69) is 12.1 Å². The molecule has 4 heterocycles. The molecule has 1 fully saturated rings. The average Bonchev–Trinajstić information content (AvgIpc) is 3.19. The fourth-order valence-corrected chi connectivity index (χ4v) is 5.05. The molecule has 36 heavy (non-hydrogen) atoms. The minimum Gasteiger partial charge on any atom is -0.377 e. The van der Waals surface area contributed by atoms with Gasteiger partial charge in [-0.15, -0.1) is 0 Å². The zero-order valence-corrected chi connectivity index (χ0v) is 20.7. The summed E-state index contributed by atoms with van der Waals surface area (Å²) >= 11 is 0. The highest BCUT2D eigenvalue weighted by molar-refractivity contribution is 5.69. The van der Waals surface area contributed by atoms with Crippen molar-refractivity contribution in [3.8, 4) is 0 Å². The van der Waals surface area contributed by atoms with Crippen molar-refractivity contribution in [1.82, 2.24) is 9.38 Å². The molecule has 0 amide bonds. The lowest BCUT2D eigenvalue weighted by Gasteiger charge is -2.23. The van der Waals surface area contributed by atoms with E-state index in [0.717, 1.165) is 59.9 Å². The highest BCUT2D eigenvalue weighted by Crippen LogP contribution is 2.34. The van der Waals surface area contributed by atoms with Gasteiger partial charge in [0.1, 0.15) is 5.65 Å². The number of imidazole rings is 1. The third-order valence-corrected chi connectivity index (χ3v) is 7.10. The molecule has 0 saturated carbocycles. The van der Waals surface area contributed by atoms with E-state index in [4.69, 9.17) is 19.2 Å². The van der Waals surface area contributed by atoms with Crippen LogP contribution in [-0.4, -0.2) is 35.5 Å². The van der Waals surface area contributed by atoms with Crippen molar-refractivity contribution in [2.45, 2.75) is 65.0 Å². The van der Waals surface area contributed by atoms with Gasteiger partial charge in [-0.05, 0) is 73.9 Å². The Hall–Kier alpha value is -2.68. The number of nitrogens with zero attached hydrogens (tertiary/aromatic N) is 2. The van der Waals surface area contributed by atoms with Crippen LogP contribution in [0.5, 0.6) is 0 Å². The van der Waals surface area contributed by atoms with Gasteiger partial charge in [-0.2, -0.15) is 13.2 Å². The molecule has 0 bridgehead atoms. The van der Waals surface area contributed by atoms with Gasteiger partial charge >= 0.3 is 6.18 Å². The normalized spacial score (nSPS) is 19.0. The van der Waals surface area contributed by atoms with Crippen LogP contribution < -0.4 is 0 Å². The molecule has 1 unspecified atom stereocenters. The maximum atomic E-state index is 13.5. The van der Waals surface area contributed by atoms with Gasteiger partial charge in [0.2, 0.25) is 0 Å². The van der Waals surface area contributed by atoms with Gasteiger partial charge in [0.05, 0.1) is 31.1 Å². The number of aromatic nitrogens is 2. The molecule has 0 N–H and O–H groups in total. The van der Waals surface area contributed by atoms with Crippen LogP contribution in [0.1, 0.15) is 64.9 Å². The first-order valence-corrected chi connectivity index (χ1v) is 12.5. The molecule has 8 heteroatoms. The fourth-order valence-electron chi connectivity index (χ4n) is 5.05. The Morgan fingerprint density at radius 3 is 2.72 bits per heavy atom. The molecule has 0 aliphatic carbocycles. The Labute approximate surface area is 208 Å². The fraction of sp³-hybridized carbons (Fsp3) is 0.464. The standard InChI is InChI=1S/C28H31F3N2O3/c1-18-21(6-5-7-24(18)28(29,30)31)15-25-19(2)32-27-23(17-36-26-8-3-4-11-35-26)14-22(16-33(25)27)20-9-12-34-13-10-20/h5-7,9,14,16,26H,3-4,8,10-13,15,17H2,1-2H3. The molecule has 1 saturated heterocycles. The second kappa shape index (κ2) is 10.4. The predicted octanol–water partition coefficient (Wildman–Crippen LogP) is 6.41. The number of hydrogen-bond donors (Lipinski definition) is 0. The molecule has 0 spiro atoms. The van der Waals surface area contributed by atoms with E-state index >= 15 is 0 Å². The van der Waals surface area contributed by atoms with Crippen molar-refractivity contribution in [2.75, 3.05) is 19.8 Å². The number of pyridine rings is 1. The van der Waals surface area contributed by atoms with Gasteiger partial charge in [-0.25, -0.2) is 4.98 Å². The molecule has 1 aromatic carbocycles. The summed E-state index contributed by atoms with van der Waals surface area (Å²) in [4.78, 5) is 4.84. The highest BCUT2D eigenvalue weighted by Gasteiger charge is 2.33. The summed E-state index contributed by atoms with van der Waals surface area (Å²) in [5.74, 6) is 0. The molecule has 2 aromatic heterocycles. The number of aryl methyl sites for hydroxylation is 1. The van der Waals surface area contributed by atoms with E-state index in [0.29, 0.717) is 38.4 Å². The van der Waals surface area contributed by atoms with Crippen LogP contribution in [0.25, 0.3) is 11.2 Å². The lowest BCUT2D eigenvalue weighted by molar-refractivity contribution is -0.168. The molecule has 192 valence electrons. The van der Waals surface area contributed by atoms with Crippen molar-refractivity contribution >= 4 is 11.2 Å². The van der Waals surface area contributed by atoms with Crippen molar-refractivity contribution in [3.63, 3.8) is 0 Å². The topological polar surface area (TPSA) is 45.0 Å². The summed E-state index contributed by atoms with van der Waals surface area (Å²) in [6.45, 7) is 5.73. The lowest BCUT2D eigenvalue weighted by Crippen LogP contribution is -2.22. The first kappa shape index (κ1) is 25.0. The third kappa shape index (κ3) is 5.21. The number of benzene rings is 1. The largest absolute Gasteiger partial charge is 0.416 e. The number of ether oxygens (including phenoxy) is 3. The monoisotopic (exact) mass is 500 g/mol. The number of halogens is 3. The van der Waals surface area contributed by atoms with Gasteiger partial charge in [-0.1, -0.05) is 18.2 Å². The molecular weight excluding hydrogens is 469 g/mol. The zero-order valence-electron chi connectivity index (χ0n) is 20.7. The van der Waals surface area contributed by atoms with Crippen LogP contribution in [0.4, 0.5) is 13.2 Å². The molecule has 1 atom stereocenters. The van der Waals surface area contributed by atoms with Crippen molar-refractivity contribution in [3.05, 3.63) is 75.7 Å². The predicted molar refractivity (Wildman–Crippen MR) is 131 cm³/mol. The van der Waals surface area contributed by atoms with Crippen molar-refractivity contribution < 1.29 is 27.4 Å². The van der Waals surface area contributed by atoms with Crippen LogP contribution in [0.3, 0.4) is 0 Å². The van der Waals surface area contributed by atoms with E-state index in [-0.39, 0.29) is 11.9 Å². The Balaban J connectivity index is 1.55. The van der Waals surface area contributed by atoms with E-state index in [9.17, 15) is 13.2 Å². The lowest BCUT2D eigenvalue weighted by atomic mass is 9.97. The SMILES string of the molecule is Cc1nc2c(COC3CCCCO3)cc(C3=CCOCC3)cn2c1Cc1cccc(C(F)(F)F)c1C. The molecule has 5 nitrogen and oxygen atoms in total. The molecular formula is C28H31F3N2O3. The number of fused-ring (bicyclic) bond motifs is 1. The molecule has 5 rings (SSSR count). The van der Waals surface area contributed by atoms with Crippen molar-refractivity contribution in [1.29, 1.82) is 0 Å². The number of alkyl halides is 3. The van der Waals surface area contributed by atoms with Gasteiger partial charge in [0.15, 0.2) is 6.29 Å². The van der Waals surface area contributed by atoms with Crippen LogP contribution in [0, 0.1) is 13.8 Å². The highest BCUT2D eigenvalue weighted by atomic mass is 19.4. The van der Waals surface area contributed by atoms with Gasteiger partial charge in [-0.3, -0.25) is 0 Å². The van der Waals surface area contributed by atoms with E-state index < -0.39 is 11.7 Å². The minimum atomic E-state index is -4.39. The van der Waals surface area contributed by atoms with Gasteiger partial charge < -0.3 is 18.6 Å². The number of hydrogen-bond acceptors (Lipinski definition) is 4. The van der Waals surface area contributed by atoms with Crippen LogP contribution >= 0.6 is 0 Å². The molecule has 0 radical (unpaired) electrons. The van der Waals surface area contributed by atoms with E-state index in [1.54, 1.807) is 13.0 Å². The second-order valence-electron chi connectivity index (χ2n) is 9.52. The summed E-state index contributed by atoms with van der Waals surface area (Å²) < 4.78 is 60.0. The van der Waals surface area contributed by atoms with E-state index in [1.807, 2.05) is 17.5 Å². The van der Waals surface area contributed by atoms with E-state index in [1.165, 1.54) is 11.6 Å². The summed E-state index contributed by atoms with van der Waals surface area (Å²) in [6, 6.07) is 6.49. The summed E-state index contributed by atoms with van der Waals surface area (Å²) in [5, 5.41) is 0. The molecule has 2 aliphatic heterocycles. The second-order valence-corrected chi connectivity index (χ2v) is 9.52. The van der Waals surface area contributed by atoms with Crippen LogP contribution in [0.15, 0.2) is 36.5 Å². The molecule has 2 aliphatic rings. The first-order valence-electron chi connectivity index (χ1n) is 12.5. The Bertz CT molecular complexity index is 1270. The van der Waals surface area contributed by atoms with Gasteiger partial charge in [0, 0.05) is 30.5 Å². The minimum absolute atomic E-state index is 0.229. The maximum absolute atomic E-state index is 13.5. The quantitative estimate of drug-likeness (QED) is 0.393. The average molecular weight is 501 g/mol. The Morgan fingerprint density at radius 1 is 1.14 bits per heavy atom. The van der Waals surface area contributed by atoms with Gasteiger partial charge in [0.25, 0.3) is 0 Å². The first-order chi connectivity index (χ1) is 17.3. The third-order valence-electron chi connectivity index (χ3n) is 7.10. The zero-order chi connectivity index (χ0) is 25.3. The summed E-state index contributed by atoms with van der Waals surface area (Å²) in [5.41, 5.74) is 5.89. The summed E-state index contributed by atoms with van der Waals surface area (Å²) in [7, 11) is 0. The number of rotatable bonds is 6. The van der Waals surface area contributed by atoms with Crippen LogP contribution in [-0.2, 0) is 33.4 Å². The van der Waals surface area contributed by atoms with Crippen LogP contribution in [0.2, 0.25) is 0 Å². The summed E-state index contributed by atoms with van der Waals surface area (Å²) in [6.07, 6.45) is 3.66. The Kier molecular flexibility index (Phi) is 7.19. The maximum Gasteiger partial charge on any atom is 0.416 e. The molecule has 3 aromatic rings. The van der Waals surface area contributed by atoms with Crippen molar-refractivity contribution in [2.24, 2.45) is 0 Å². The Morgan fingerprint density at radius 2 is 2.00 bits per heavy atom.